The maximum absolute atomic E-state index is 5.02. The van der Waals surface area contributed by atoms with Gasteiger partial charge in [0.05, 0.1) is 11.0 Å². The van der Waals surface area contributed by atoms with Gasteiger partial charge in [-0.3, -0.25) is 4.57 Å². The van der Waals surface area contributed by atoms with Crippen LogP contribution in [0, 0.1) is 0 Å². The summed E-state index contributed by atoms with van der Waals surface area (Å²) in [7, 11) is 0. The quantitative estimate of drug-likeness (QED) is 0.225. The second-order valence-electron chi connectivity index (χ2n) is 11.0. The molecule has 0 aliphatic carbocycles. The first-order valence-corrected chi connectivity index (χ1v) is 15.5. The van der Waals surface area contributed by atoms with Gasteiger partial charge in [-0.05, 0) is 42.0 Å². The third kappa shape index (κ3) is 4.03. The fourth-order valence-corrected chi connectivity index (χ4v) is 7.33. The van der Waals surface area contributed by atoms with E-state index >= 15 is 0 Å². The van der Waals surface area contributed by atoms with E-state index in [2.05, 4.69) is 107 Å². The van der Waals surface area contributed by atoms with Crippen molar-refractivity contribution in [3.05, 3.63) is 156 Å². The minimum atomic E-state index is -0.250. The molecule has 1 unspecified atom stereocenters. The van der Waals surface area contributed by atoms with Crippen LogP contribution in [0.5, 0.6) is 0 Å². The topological polar surface area (TPSA) is 54.6 Å². The number of hydrogen-bond donors (Lipinski definition) is 1. The molecule has 4 heterocycles. The van der Waals surface area contributed by atoms with Crippen molar-refractivity contribution in [2.75, 3.05) is 0 Å². The molecule has 9 rings (SSSR count). The Labute approximate surface area is 257 Å². The zero-order chi connectivity index (χ0) is 29.0. The summed E-state index contributed by atoms with van der Waals surface area (Å²) in [6.45, 7) is 0. The highest BCUT2D eigenvalue weighted by atomic mass is 32.1. The Balaban J connectivity index is 1.18. The number of nitrogens with zero attached hydrogens (tertiary/aromatic N) is 4. The van der Waals surface area contributed by atoms with Gasteiger partial charge in [0, 0.05) is 48.3 Å². The molecule has 0 fully saturated rings. The maximum Gasteiger partial charge on any atom is 0.160 e. The number of pyridine rings is 1. The van der Waals surface area contributed by atoms with Gasteiger partial charge in [-0.25, -0.2) is 15.0 Å². The summed E-state index contributed by atoms with van der Waals surface area (Å²) in [5.74, 6) is 2.31. The fraction of sp³-hybridized carbons (Fsp3) is 0.0263. The van der Waals surface area contributed by atoms with Crippen LogP contribution in [0.15, 0.2) is 150 Å². The maximum atomic E-state index is 5.02. The average molecular weight is 584 g/mol. The van der Waals surface area contributed by atoms with Crippen LogP contribution in [0.1, 0.15) is 22.9 Å². The summed E-state index contributed by atoms with van der Waals surface area (Å²) in [6.07, 6.45) is 1.64. The molecular formula is C38H25N5S. The van der Waals surface area contributed by atoms with Gasteiger partial charge in [0.1, 0.15) is 17.8 Å². The number of nitrogens with one attached hydrogen (secondary N) is 1. The number of fused-ring (bicyclic) bond motifs is 6. The van der Waals surface area contributed by atoms with Crippen LogP contribution in [0.25, 0.3) is 47.8 Å². The van der Waals surface area contributed by atoms with Gasteiger partial charge >= 0.3 is 0 Å². The van der Waals surface area contributed by atoms with Gasteiger partial charge in [-0.15, -0.1) is 11.3 Å². The lowest BCUT2D eigenvalue weighted by Gasteiger charge is -2.23. The molecule has 1 N–H and O–H groups in total. The second kappa shape index (κ2) is 10.0. The highest BCUT2D eigenvalue weighted by molar-refractivity contribution is 7.25. The molecular weight excluding hydrogens is 559 g/mol. The van der Waals surface area contributed by atoms with Crippen LogP contribution < -0.4 is 5.32 Å². The fourth-order valence-electron chi connectivity index (χ4n) is 6.21. The van der Waals surface area contributed by atoms with Gasteiger partial charge in [0.25, 0.3) is 0 Å². The van der Waals surface area contributed by atoms with E-state index in [1.165, 1.54) is 30.9 Å². The van der Waals surface area contributed by atoms with E-state index in [-0.39, 0.29) is 6.17 Å². The smallest absolute Gasteiger partial charge is 0.160 e. The monoisotopic (exact) mass is 583 g/mol. The molecule has 208 valence electrons. The summed E-state index contributed by atoms with van der Waals surface area (Å²) in [5.41, 5.74) is 5.26. The van der Waals surface area contributed by atoms with E-state index in [0.717, 1.165) is 39.4 Å². The molecule has 1 atom stereocenters. The zero-order valence-corrected chi connectivity index (χ0v) is 24.4. The minimum absolute atomic E-state index is 0.250. The third-order valence-corrected chi connectivity index (χ3v) is 9.44. The minimum Gasteiger partial charge on any atom is -0.344 e. The molecule has 5 nitrogen and oxygen atoms in total. The van der Waals surface area contributed by atoms with E-state index in [1.807, 2.05) is 53.9 Å². The number of aromatic nitrogens is 2. The van der Waals surface area contributed by atoms with Crippen molar-refractivity contribution in [1.29, 1.82) is 0 Å². The van der Waals surface area contributed by atoms with Crippen LogP contribution in [0.2, 0.25) is 0 Å². The van der Waals surface area contributed by atoms with Gasteiger partial charge < -0.3 is 5.32 Å². The predicted octanol–water partition coefficient (Wildman–Crippen LogP) is 9.04. The van der Waals surface area contributed by atoms with Gasteiger partial charge in [-0.2, -0.15) is 0 Å². The number of thiophene rings is 1. The summed E-state index contributed by atoms with van der Waals surface area (Å²) < 4.78 is 4.85. The van der Waals surface area contributed by atoms with Crippen molar-refractivity contribution in [3.63, 3.8) is 0 Å². The lowest BCUT2D eigenvalue weighted by Crippen LogP contribution is -2.33. The number of amidine groups is 2. The number of hydrogen-bond acceptors (Lipinski definition) is 5. The Morgan fingerprint density at radius 3 is 2.16 bits per heavy atom. The van der Waals surface area contributed by atoms with Crippen molar-refractivity contribution < 1.29 is 0 Å². The molecule has 1 aliphatic rings. The SMILES string of the molecule is c1ccc(C2=NC(c3ccc(-n4c5ccccc5c5cc6c(cc54)sc4ccccc46)nc3)=NC(c3ccccc3)N2)cc1. The molecule has 44 heavy (non-hydrogen) atoms. The number of benzene rings is 5. The van der Waals surface area contributed by atoms with Crippen LogP contribution in [0.4, 0.5) is 0 Å². The van der Waals surface area contributed by atoms with Crippen molar-refractivity contribution >= 4 is 65.0 Å². The Kier molecular flexibility index (Phi) is 5.67. The molecule has 0 amide bonds. The average Bonchev–Trinajstić information content (AvgIpc) is 3.62. The van der Waals surface area contributed by atoms with Gasteiger partial charge in [-0.1, -0.05) is 97.1 Å². The third-order valence-electron chi connectivity index (χ3n) is 8.31. The molecule has 0 saturated heterocycles. The van der Waals surface area contributed by atoms with Crippen molar-refractivity contribution in [3.8, 4) is 5.82 Å². The summed E-state index contributed by atoms with van der Waals surface area (Å²) in [6, 6.07) is 46.5. The lowest BCUT2D eigenvalue weighted by molar-refractivity contribution is 0.674. The van der Waals surface area contributed by atoms with E-state index < -0.39 is 0 Å². The second-order valence-corrected chi connectivity index (χ2v) is 12.0. The summed E-state index contributed by atoms with van der Waals surface area (Å²) in [4.78, 5) is 15.0. The van der Waals surface area contributed by atoms with Crippen LogP contribution in [0.3, 0.4) is 0 Å². The Morgan fingerprint density at radius 1 is 0.591 bits per heavy atom. The molecule has 3 aromatic heterocycles. The number of rotatable bonds is 4. The Bertz CT molecular complexity index is 2400. The highest BCUT2D eigenvalue weighted by Crippen LogP contribution is 2.40. The van der Waals surface area contributed by atoms with Crippen molar-refractivity contribution in [1.82, 2.24) is 14.9 Å². The van der Waals surface area contributed by atoms with Crippen LogP contribution in [-0.2, 0) is 0 Å². The molecule has 6 heteroatoms. The summed E-state index contributed by atoms with van der Waals surface area (Å²) in [5, 5.41) is 8.58. The van der Waals surface area contributed by atoms with Crippen LogP contribution >= 0.6 is 11.3 Å². The Morgan fingerprint density at radius 2 is 1.34 bits per heavy atom. The number of aliphatic imine (C=N–C) groups is 2. The first-order chi connectivity index (χ1) is 21.8. The molecule has 0 bridgehead atoms. The van der Waals surface area contributed by atoms with E-state index in [4.69, 9.17) is 15.0 Å². The van der Waals surface area contributed by atoms with Crippen molar-refractivity contribution in [2.45, 2.75) is 6.17 Å². The largest absolute Gasteiger partial charge is 0.344 e. The summed E-state index contributed by atoms with van der Waals surface area (Å²) >= 11 is 1.84. The molecule has 8 aromatic rings. The van der Waals surface area contributed by atoms with Gasteiger partial charge in [0.15, 0.2) is 5.84 Å². The molecule has 0 spiro atoms. The first kappa shape index (κ1) is 25.0. The van der Waals surface area contributed by atoms with Crippen LogP contribution in [-0.4, -0.2) is 21.2 Å². The predicted molar refractivity (Wildman–Crippen MR) is 183 cm³/mol. The molecule has 0 saturated carbocycles. The Hall–Kier alpha value is -5.59. The van der Waals surface area contributed by atoms with E-state index in [0.29, 0.717) is 5.84 Å². The molecule has 0 radical (unpaired) electrons. The molecule has 5 aromatic carbocycles. The normalized spacial score (nSPS) is 15.0. The van der Waals surface area contributed by atoms with Gasteiger partial charge in [0.2, 0.25) is 0 Å². The zero-order valence-electron chi connectivity index (χ0n) is 23.6. The highest BCUT2D eigenvalue weighted by Gasteiger charge is 2.22. The number of para-hydroxylation sites is 1. The standard InChI is InChI=1S/C38H25N5S/c1-3-11-24(12-4-1)36-40-37(25-13-5-2-6-14-25)42-38(41-36)26-19-20-35(39-23-26)43-31-17-9-7-15-27(31)29-21-30-28-16-8-10-18-33(28)44-34(30)22-32(29)43/h1-23,36H,(H,40,41,42). The van der Waals surface area contributed by atoms with E-state index in [9.17, 15) is 0 Å². The van der Waals surface area contributed by atoms with E-state index in [1.54, 1.807) is 0 Å². The van der Waals surface area contributed by atoms with Crippen molar-refractivity contribution in [2.24, 2.45) is 9.98 Å². The first-order valence-electron chi connectivity index (χ1n) is 14.6. The lowest BCUT2D eigenvalue weighted by atomic mass is 10.1. The molecule has 1 aliphatic heterocycles.